The average molecular weight is 548 g/mol. The Kier molecular flexibility index (Phi) is 6.97. The molecule has 0 fully saturated rings. The molecule has 5 aromatic rings. The molecular weight excluding hydrogens is 514 g/mol. The standard InChI is InChI=1S/C33H33N5O3/c1-5-23-13-15-24(16-14-23)31-29-12-9-19-36(29)32-27(22(2)35-38(32)25-10-7-6-8-11-25)21-37(31)33(39)34-28-20-26(40-3)17-18-30(28)41-4/h6-20,31H,5,21H2,1-4H3,(H,34,39). The molecule has 41 heavy (non-hydrogen) atoms. The number of aromatic nitrogens is 3. The highest BCUT2D eigenvalue weighted by Crippen LogP contribution is 2.39. The minimum absolute atomic E-state index is 0.256. The lowest BCUT2D eigenvalue weighted by Gasteiger charge is -2.31. The molecule has 1 N–H and O–H groups in total. The summed E-state index contributed by atoms with van der Waals surface area (Å²) in [7, 11) is 3.18. The van der Waals surface area contributed by atoms with E-state index in [1.54, 1.807) is 32.4 Å². The van der Waals surface area contributed by atoms with Crippen LogP contribution < -0.4 is 14.8 Å². The fraction of sp³-hybridized carbons (Fsp3) is 0.212. The molecule has 8 nitrogen and oxygen atoms in total. The number of benzene rings is 3. The lowest BCUT2D eigenvalue weighted by Crippen LogP contribution is -2.38. The van der Waals surface area contributed by atoms with Crippen molar-refractivity contribution in [3.63, 3.8) is 0 Å². The number of para-hydroxylation sites is 1. The molecule has 1 atom stereocenters. The van der Waals surface area contributed by atoms with Crippen LogP contribution in [0.1, 0.15) is 41.0 Å². The number of nitrogens with one attached hydrogen (secondary N) is 1. The van der Waals surface area contributed by atoms with Gasteiger partial charge in [0.1, 0.15) is 17.3 Å². The lowest BCUT2D eigenvalue weighted by molar-refractivity contribution is 0.194. The van der Waals surface area contributed by atoms with E-state index in [9.17, 15) is 4.79 Å². The SMILES string of the molecule is CCc1ccc(C2c3cccn3-c3c(c(C)nn3-c3ccccc3)CN2C(=O)Nc2cc(OC)ccc2OC)cc1. The van der Waals surface area contributed by atoms with Crippen LogP contribution >= 0.6 is 0 Å². The highest BCUT2D eigenvalue weighted by Gasteiger charge is 2.36. The molecule has 1 aliphatic rings. The zero-order chi connectivity index (χ0) is 28.5. The molecule has 0 saturated heterocycles. The topological polar surface area (TPSA) is 73.6 Å². The van der Waals surface area contributed by atoms with Gasteiger partial charge in [0.05, 0.1) is 49.6 Å². The van der Waals surface area contributed by atoms with Gasteiger partial charge in [-0.05, 0) is 60.9 Å². The number of anilines is 1. The molecule has 8 heteroatoms. The Morgan fingerprint density at radius 3 is 2.46 bits per heavy atom. The summed E-state index contributed by atoms with van der Waals surface area (Å²) in [5, 5.41) is 8.05. The maximum absolute atomic E-state index is 14.3. The molecule has 3 aromatic carbocycles. The highest BCUT2D eigenvalue weighted by molar-refractivity contribution is 5.92. The minimum atomic E-state index is -0.358. The molecule has 0 radical (unpaired) electrons. The maximum atomic E-state index is 14.3. The van der Waals surface area contributed by atoms with Gasteiger partial charge in [0.2, 0.25) is 0 Å². The molecular formula is C33H33N5O3. The molecule has 1 unspecified atom stereocenters. The third kappa shape index (κ3) is 4.71. The van der Waals surface area contributed by atoms with E-state index in [-0.39, 0.29) is 12.1 Å². The molecule has 208 valence electrons. The van der Waals surface area contributed by atoms with Crippen LogP contribution in [0.25, 0.3) is 11.5 Å². The predicted molar refractivity (Wildman–Crippen MR) is 159 cm³/mol. The summed E-state index contributed by atoms with van der Waals surface area (Å²) in [6, 6.07) is 27.5. The molecule has 0 aliphatic carbocycles. The van der Waals surface area contributed by atoms with E-state index in [2.05, 4.69) is 53.3 Å². The van der Waals surface area contributed by atoms with E-state index < -0.39 is 0 Å². The summed E-state index contributed by atoms with van der Waals surface area (Å²) in [4.78, 5) is 16.2. The predicted octanol–water partition coefficient (Wildman–Crippen LogP) is 6.69. The van der Waals surface area contributed by atoms with Gasteiger partial charge in [0.15, 0.2) is 0 Å². The first kappa shape index (κ1) is 26.3. The first-order valence-corrected chi connectivity index (χ1v) is 13.7. The van der Waals surface area contributed by atoms with Crippen molar-refractivity contribution in [1.29, 1.82) is 0 Å². The van der Waals surface area contributed by atoms with Gasteiger partial charge in [-0.15, -0.1) is 0 Å². The molecule has 0 bridgehead atoms. The van der Waals surface area contributed by atoms with Crippen LogP contribution in [0, 0.1) is 6.92 Å². The summed E-state index contributed by atoms with van der Waals surface area (Å²) in [6.45, 7) is 4.49. The van der Waals surface area contributed by atoms with Crippen LogP contribution in [0.5, 0.6) is 11.5 Å². The van der Waals surface area contributed by atoms with Gasteiger partial charge in [-0.2, -0.15) is 5.10 Å². The summed E-state index contributed by atoms with van der Waals surface area (Å²) in [6.07, 6.45) is 2.99. The molecule has 6 rings (SSSR count). The van der Waals surface area contributed by atoms with Gasteiger partial charge < -0.3 is 24.3 Å². The van der Waals surface area contributed by atoms with Crippen LogP contribution in [-0.4, -0.2) is 39.5 Å². The van der Waals surface area contributed by atoms with Crippen molar-refractivity contribution >= 4 is 11.7 Å². The molecule has 0 saturated carbocycles. The van der Waals surface area contributed by atoms with Crippen molar-refractivity contribution in [2.24, 2.45) is 0 Å². The Balaban J connectivity index is 1.52. The molecule has 0 spiro atoms. The lowest BCUT2D eigenvalue weighted by atomic mass is 9.99. The number of amides is 2. The normalized spacial score (nSPS) is 14.1. The van der Waals surface area contributed by atoms with E-state index in [4.69, 9.17) is 14.6 Å². The summed E-state index contributed by atoms with van der Waals surface area (Å²) in [5.74, 6) is 2.10. The van der Waals surface area contributed by atoms with Crippen LogP contribution in [0.4, 0.5) is 10.5 Å². The second-order valence-corrected chi connectivity index (χ2v) is 10.1. The Morgan fingerprint density at radius 1 is 0.976 bits per heavy atom. The third-order valence-electron chi connectivity index (χ3n) is 7.70. The van der Waals surface area contributed by atoms with Crippen molar-refractivity contribution < 1.29 is 14.3 Å². The maximum Gasteiger partial charge on any atom is 0.323 e. The Bertz CT molecular complexity index is 1690. The number of fused-ring (bicyclic) bond motifs is 3. The molecule has 2 amide bonds. The van der Waals surface area contributed by atoms with Crippen LogP contribution in [0.15, 0.2) is 91.1 Å². The van der Waals surface area contributed by atoms with E-state index >= 15 is 0 Å². The number of carbonyl (C=O) groups excluding carboxylic acids is 1. The van der Waals surface area contributed by atoms with E-state index in [1.165, 1.54) is 5.56 Å². The Hall–Kier alpha value is -4.98. The quantitative estimate of drug-likeness (QED) is 0.257. The van der Waals surface area contributed by atoms with Gasteiger partial charge in [-0.25, -0.2) is 9.48 Å². The van der Waals surface area contributed by atoms with Crippen LogP contribution in [-0.2, 0) is 13.0 Å². The fourth-order valence-corrected chi connectivity index (χ4v) is 5.53. The molecule has 3 heterocycles. The first-order chi connectivity index (χ1) is 20.0. The van der Waals surface area contributed by atoms with Crippen molar-refractivity contribution in [3.05, 3.63) is 119 Å². The first-order valence-electron chi connectivity index (χ1n) is 13.7. The monoisotopic (exact) mass is 547 g/mol. The second-order valence-electron chi connectivity index (χ2n) is 10.1. The fourth-order valence-electron chi connectivity index (χ4n) is 5.53. The number of nitrogens with zero attached hydrogens (tertiary/aromatic N) is 4. The number of aryl methyl sites for hydroxylation is 2. The number of methoxy groups -OCH3 is 2. The van der Waals surface area contributed by atoms with Crippen molar-refractivity contribution in [2.45, 2.75) is 32.9 Å². The van der Waals surface area contributed by atoms with Crippen LogP contribution in [0.2, 0.25) is 0 Å². The summed E-state index contributed by atoms with van der Waals surface area (Å²) >= 11 is 0. The zero-order valence-corrected chi connectivity index (χ0v) is 23.7. The zero-order valence-electron chi connectivity index (χ0n) is 23.7. The van der Waals surface area contributed by atoms with E-state index in [0.29, 0.717) is 23.7 Å². The number of hydrogen-bond acceptors (Lipinski definition) is 4. The van der Waals surface area contributed by atoms with Crippen molar-refractivity contribution in [3.8, 4) is 23.0 Å². The van der Waals surface area contributed by atoms with E-state index in [0.717, 1.165) is 40.4 Å². The number of hydrogen-bond donors (Lipinski definition) is 1. The van der Waals surface area contributed by atoms with Gasteiger partial charge in [-0.3, -0.25) is 0 Å². The van der Waals surface area contributed by atoms with Crippen molar-refractivity contribution in [1.82, 2.24) is 19.2 Å². The van der Waals surface area contributed by atoms with Gasteiger partial charge >= 0.3 is 6.03 Å². The molecule has 2 aromatic heterocycles. The van der Waals surface area contributed by atoms with Crippen LogP contribution in [0.3, 0.4) is 0 Å². The number of ether oxygens (including phenoxy) is 2. The smallest absolute Gasteiger partial charge is 0.323 e. The third-order valence-corrected chi connectivity index (χ3v) is 7.70. The minimum Gasteiger partial charge on any atom is -0.497 e. The van der Waals surface area contributed by atoms with Gasteiger partial charge in [0, 0.05) is 17.8 Å². The van der Waals surface area contributed by atoms with E-state index in [1.807, 2.05) is 52.9 Å². The number of carbonyl (C=O) groups is 1. The number of urea groups is 1. The Morgan fingerprint density at radius 2 is 1.76 bits per heavy atom. The highest BCUT2D eigenvalue weighted by atomic mass is 16.5. The molecule has 1 aliphatic heterocycles. The number of rotatable bonds is 6. The second kappa shape index (κ2) is 10.9. The van der Waals surface area contributed by atoms with Crippen molar-refractivity contribution in [2.75, 3.05) is 19.5 Å². The largest absolute Gasteiger partial charge is 0.497 e. The summed E-state index contributed by atoms with van der Waals surface area (Å²) in [5.41, 5.74) is 6.57. The Labute approximate surface area is 239 Å². The van der Waals surface area contributed by atoms with Gasteiger partial charge in [-0.1, -0.05) is 49.4 Å². The average Bonchev–Trinajstić information content (AvgIpc) is 3.57. The van der Waals surface area contributed by atoms with Gasteiger partial charge in [0.25, 0.3) is 0 Å². The summed E-state index contributed by atoms with van der Waals surface area (Å²) < 4.78 is 15.1.